The minimum Gasteiger partial charge on any atom is -0.502 e. The number of halogens is 1. The fourth-order valence-corrected chi connectivity index (χ4v) is 2.98. The number of pyridine rings is 1. The van der Waals surface area contributed by atoms with E-state index in [1.807, 2.05) is 13.8 Å². The molecule has 2 aromatic rings. The average Bonchev–Trinajstić information content (AvgIpc) is 2.61. The van der Waals surface area contributed by atoms with Crippen LogP contribution >= 0.6 is 11.6 Å². The van der Waals surface area contributed by atoms with E-state index in [9.17, 15) is 9.90 Å². The zero-order chi connectivity index (χ0) is 18.9. The number of nitrogens with zero attached hydrogens (tertiary/aromatic N) is 3. The van der Waals surface area contributed by atoms with Crippen molar-refractivity contribution in [2.24, 2.45) is 0 Å². The lowest BCUT2D eigenvalue weighted by Gasteiger charge is -2.33. The zero-order valence-electron chi connectivity index (χ0n) is 14.8. The molecule has 1 unspecified atom stereocenters. The summed E-state index contributed by atoms with van der Waals surface area (Å²) in [5, 5.41) is 14.0. The van der Waals surface area contributed by atoms with Crippen LogP contribution in [-0.2, 0) is 28.2 Å². The molecule has 2 N–H and O–H groups in total. The van der Waals surface area contributed by atoms with Gasteiger partial charge in [0, 0.05) is 19.9 Å². The van der Waals surface area contributed by atoms with Crippen molar-refractivity contribution in [3.05, 3.63) is 50.9 Å². The van der Waals surface area contributed by atoms with Crippen molar-refractivity contribution in [2.45, 2.75) is 38.8 Å². The first-order chi connectivity index (χ1) is 12.3. The Hall–Kier alpha value is -2.00. The minimum atomic E-state index is -0.788. The van der Waals surface area contributed by atoms with Crippen molar-refractivity contribution in [3.63, 3.8) is 0 Å². The Morgan fingerprint density at radius 1 is 1.50 bits per heavy atom. The number of nitrogens with one attached hydrogen (secondary N) is 1. The van der Waals surface area contributed by atoms with Gasteiger partial charge in [-0.3, -0.25) is 19.7 Å². The van der Waals surface area contributed by atoms with Gasteiger partial charge in [0.2, 0.25) is 5.75 Å². The molecule has 1 aliphatic heterocycles. The van der Waals surface area contributed by atoms with Crippen LogP contribution in [0.25, 0.3) is 0 Å². The molecule has 1 atom stereocenters. The maximum absolute atomic E-state index is 12.6. The highest BCUT2D eigenvalue weighted by atomic mass is 35.5. The van der Waals surface area contributed by atoms with Crippen LogP contribution in [0, 0.1) is 0 Å². The molecule has 0 aromatic carbocycles. The van der Waals surface area contributed by atoms with Gasteiger partial charge in [-0.15, -0.1) is 0 Å². The molecular formula is C17H21ClN4O4. The highest BCUT2D eigenvalue weighted by Crippen LogP contribution is 2.29. The first-order valence-electron chi connectivity index (χ1n) is 8.18. The molecule has 3 rings (SSSR count). The topological polar surface area (TPSA) is 98.5 Å². The third-order valence-electron chi connectivity index (χ3n) is 4.23. The molecule has 0 saturated carbocycles. The molecule has 140 valence electrons. The van der Waals surface area contributed by atoms with Gasteiger partial charge in [-0.1, -0.05) is 11.6 Å². The van der Waals surface area contributed by atoms with Crippen molar-refractivity contribution < 1.29 is 14.6 Å². The molecule has 3 heterocycles. The molecule has 1 aliphatic rings. The summed E-state index contributed by atoms with van der Waals surface area (Å²) >= 11 is 5.83. The standard InChI is InChI=1S/C17H21ClN4O4/c1-17(2)16-21-12(13(23)15(24)22(16)6-7-26-17)14(25-3)20-9-11-5-4-10(18)8-19-11/h4-5,8,14,20,23H,6-7,9H2,1-3H3. The Labute approximate surface area is 155 Å². The van der Waals surface area contributed by atoms with E-state index in [2.05, 4.69) is 15.3 Å². The molecule has 2 aromatic heterocycles. The van der Waals surface area contributed by atoms with E-state index >= 15 is 0 Å². The van der Waals surface area contributed by atoms with Crippen LogP contribution in [0.1, 0.15) is 37.3 Å². The second-order valence-electron chi connectivity index (χ2n) is 6.45. The molecule has 0 amide bonds. The van der Waals surface area contributed by atoms with Crippen molar-refractivity contribution in [1.29, 1.82) is 0 Å². The van der Waals surface area contributed by atoms with Gasteiger partial charge in [-0.2, -0.15) is 0 Å². The van der Waals surface area contributed by atoms with Crippen LogP contribution < -0.4 is 10.9 Å². The lowest BCUT2D eigenvalue weighted by Crippen LogP contribution is -2.42. The van der Waals surface area contributed by atoms with E-state index < -0.39 is 23.1 Å². The smallest absolute Gasteiger partial charge is 0.296 e. The van der Waals surface area contributed by atoms with Crippen LogP contribution in [0.15, 0.2) is 23.1 Å². The summed E-state index contributed by atoms with van der Waals surface area (Å²) < 4.78 is 12.5. The van der Waals surface area contributed by atoms with Crippen molar-refractivity contribution in [2.75, 3.05) is 13.7 Å². The minimum absolute atomic E-state index is 0.122. The lowest BCUT2D eigenvalue weighted by molar-refractivity contribution is -0.0575. The predicted molar refractivity (Wildman–Crippen MR) is 95.0 cm³/mol. The van der Waals surface area contributed by atoms with Crippen molar-refractivity contribution in [3.8, 4) is 5.75 Å². The summed E-state index contributed by atoms with van der Waals surface area (Å²) in [4.78, 5) is 21.2. The summed E-state index contributed by atoms with van der Waals surface area (Å²) in [5.74, 6) is 0.0184. The maximum Gasteiger partial charge on any atom is 0.296 e. The number of fused-ring (bicyclic) bond motifs is 1. The van der Waals surface area contributed by atoms with E-state index in [1.54, 1.807) is 18.3 Å². The SMILES string of the molecule is COC(NCc1ccc(Cl)cn1)c1nc2n(c(=O)c1O)CCOC2(C)C. The van der Waals surface area contributed by atoms with Crippen LogP contribution in [0.2, 0.25) is 5.02 Å². The second-order valence-corrected chi connectivity index (χ2v) is 6.89. The van der Waals surface area contributed by atoms with E-state index in [0.29, 0.717) is 30.5 Å². The molecule has 8 nitrogen and oxygen atoms in total. The van der Waals surface area contributed by atoms with E-state index in [-0.39, 0.29) is 5.69 Å². The van der Waals surface area contributed by atoms with Gasteiger partial charge in [0.15, 0.2) is 6.23 Å². The van der Waals surface area contributed by atoms with Gasteiger partial charge in [-0.05, 0) is 26.0 Å². The Morgan fingerprint density at radius 2 is 2.27 bits per heavy atom. The highest BCUT2D eigenvalue weighted by Gasteiger charge is 2.34. The maximum atomic E-state index is 12.6. The monoisotopic (exact) mass is 380 g/mol. The Morgan fingerprint density at radius 3 is 2.92 bits per heavy atom. The average molecular weight is 381 g/mol. The number of aromatic nitrogens is 3. The van der Waals surface area contributed by atoms with Crippen molar-refractivity contribution >= 4 is 11.6 Å². The van der Waals surface area contributed by atoms with Crippen LogP contribution in [0.3, 0.4) is 0 Å². The quantitative estimate of drug-likeness (QED) is 0.761. The van der Waals surface area contributed by atoms with Gasteiger partial charge >= 0.3 is 0 Å². The molecule has 0 saturated heterocycles. The number of aromatic hydroxyl groups is 1. The Balaban J connectivity index is 1.92. The van der Waals surface area contributed by atoms with Crippen LogP contribution in [0.4, 0.5) is 0 Å². The normalized spacial score (nSPS) is 16.9. The van der Waals surface area contributed by atoms with Crippen LogP contribution in [-0.4, -0.2) is 33.4 Å². The third kappa shape index (κ3) is 3.59. The largest absolute Gasteiger partial charge is 0.502 e. The third-order valence-corrected chi connectivity index (χ3v) is 4.45. The van der Waals surface area contributed by atoms with Gasteiger partial charge in [0.1, 0.15) is 17.1 Å². The number of rotatable bonds is 5. The molecule has 0 bridgehead atoms. The Bertz CT molecular complexity index is 851. The highest BCUT2D eigenvalue weighted by molar-refractivity contribution is 6.30. The number of hydrogen-bond donors (Lipinski definition) is 2. The number of ether oxygens (including phenoxy) is 2. The summed E-state index contributed by atoms with van der Waals surface area (Å²) in [6.45, 7) is 4.73. The Kier molecular flexibility index (Phi) is 5.29. The van der Waals surface area contributed by atoms with E-state index in [4.69, 9.17) is 21.1 Å². The second kappa shape index (κ2) is 7.32. The summed E-state index contributed by atoms with van der Waals surface area (Å²) in [7, 11) is 1.47. The van der Waals surface area contributed by atoms with Gasteiger partial charge in [-0.25, -0.2) is 4.98 Å². The summed E-state index contributed by atoms with van der Waals surface area (Å²) in [6, 6.07) is 3.50. The van der Waals surface area contributed by atoms with E-state index in [0.717, 1.165) is 5.69 Å². The van der Waals surface area contributed by atoms with Gasteiger partial charge in [0.05, 0.1) is 23.9 Å². The first-order valence-corrected chi connectivity index (χ1v) is 8.56. The first kappa shape index (κ1) is 18.8. The number of hydrogen-bond acceptors (Lipinski definition) is 7. The molecule has 0 spiro atoms. The molecule has 0 fully saturated rings. The molecule has 9 heteroatoms. The molecule has 26 heavy (non-hydrogen) atoms. The fraction of sp³-hybridized carbons (Fsp3) is 0.471. The molecule has 0 aliphatic carbocycles. The van der Waals surface area contributed by atoms with Crippen molar-refractivity contribution in [1.82, 2.24) is 19.9 Å². The zero-order valence-corrected chi connectivity index (χ0v) is 15.6. The lowest BCUT2D eigenvalue weighted by atomic mass is 10.1. The van der Waals surface area contributed by atoms with Gasteiger partial charge < -0.3 is 14.6 Å². The van der Waals surface area contributed by atoms with Crippen LogP contribution in [0.5, 0.6) is 5.75 Å². The van der Waals surface area contributed by atoms with Gasteiger partial charge in [0.25, 0.3) is 5.56 Å². The predicted octanol–water partition coefficient (Wildman–Crippen LogP) is 1.70. The number of methoxy groups -OCH3 is 1. The van der Waals surface area contributed by atoms with E-state index in [1.165, 1.54) is 11.7 Å². The molecular weight excluding hydrogens is 360 g/mol. The summed E-state index contributed by atoms with van der Waals surface area (Å²) in [5.41, 5.74) is -0.393. The molecule has 0 radical (unpaired) electrons. The fourth-order valence-electron chi connectivity index (χ4n) is 2.87. The summed E-state index contributed by atoms with van der Waals surface area (Å²) in [6.07, 6.45) is 0.755.